The monoisotopic (exact) mass is 378 g/mol. The molecule has 1 fully saturated rings. The molecule has 146 valence electrons. The van der Waals surface area contributed by atoms with Gasteiger partial charge in [0, 0.05) is 19.6 Å². The number of amides is 2. The summed E-state index contributed by atoms with van der Waals surface area (Å²) in [5.74, 6) is 0.243. The number of aliphatic hydroxyl groups excluding tert-OH is 1. The number of imidazole rings is 1. The van der Waals surface area contributed by atoms with Gasteiger partial charge in [-0.3, -0.25) is 0 Å². The molecule has 6 nitrogen and oxygen atoms in total. The summed E-state index contributed by atoms with van der Waals surface area (Å²) in [7, 11) is 0. The van der Waals surface area contributed by atoms with Crippen molar-refractivity contribution in [3.63, 3.8) is 0 Å². The first kappa shape index (κ1) is 18.5. The molecule has 0 unspecified atom stereocenters. The van der Waals surface area contributed by atoms with Gasteiger partial charge in [-0.15, -0.1) is 0 Å². The van der Waals surface area contributed by atoms with Gasteiger partial charge in [0.25, 0.3) is 0 Å². The highest BCUT2D eigenvalue weighted by atomic mass is 16.3. The normalized spacial score (nSPS) is 16.2. The van der Waals surface area contributed by atoms with Gasteiger partial charge in [-0.05, 0) is 48.4 Å². The van der Waals surface area contributed by atoms with E-state index in [2.05, 4.69) is 15.3 Å². The molecule has 1 aliphatic heterocycles. The highest BCUT2D eigenvalue weighted by Crippen LogP contribution is 2.23. The number of hydrogen-bond donors (Lipinski definition) is 3. The number of benzene rings is 2. The van der Waals surface area contributed by atoms with E-state index in [4.69, 9.17) is 0 Å². The summed E-state index contributed by atoms with van der Waals surface area (Å²) in [5, 5.41) is 13.5. The fourth-order valence-electron chi connectivity index (χ4n) is 3.89. The lowest BCUT2D eigenvalue weighted by atomic mass is 9.88. The van der Waals surface area contributed by atoms with Gasteiger partial charge in [0.05, 0.1) is 23.5 Å². The van der Waals surface area contributed by atoms with E-state index in [1.54, 1.807) is 6.33 Å². The average Bonchev–Trinajstić information content (AvgIpc) is 3.21. The minimum absolute atomic E-state index is 0.0410. The molecule has 1 aromatic heterocycles. The van der Waals surface area contributed by atoms with Crippen molar-refractivity contribution in [2.75, 3.05) is 13.1 Å². The summed E-state index contributed by atoms with van der Waals surface area (Å²) >= 11 is 0. The minimum atomic E-state index is -0.353. The average molecular weight is 378 g/mol. The van der Waals surface area contributed by atoms with Gasteiger partial charge in [-0.2, -0.15) is 0 Å². The third-order valence-electron chi connectivity index (χ3n) is 5.59. The molecule has 4 rings (SSSR count). The molecule has 0 saturated carbocycles. The van der Waals surface area contributed by atoms with Gasteiger partial charge in [-0.25, -0.2) is 9.78 Å². The number of hydrogen-bond acceptors (Lipinski definition) is 3. The van der Waals surface area contributed by atoms with E-state index in [1.807, 2.05) is 53.4 Å². The first-order valence-electron chi connectivity index (χ1n) is 9.86. The lowest BCUT2D eigenvalue weighted by molar-refractivity contribution is 0.0671. The van der Waals surface area contributed by atoms with Gasteiger partial charge in [-0.1, -0.05) is 36.4 Å². The maximum absolute atomic E-state index is 12.5. The largest absolute Gasteiger partial charge is 0.392 e. The van der Waals surface area contributed by atoms with Gasteiger partial charge in [0.2, 0.25) is 0 Å². The van der Waals surface area contributed by atoms with Crippen molar-refractivity contribution in [3.05, 3.63) is 66.0 Å². The Morgan fingerprint density at radius 3 is 2.75 bits per heavy atom. The van der Waals surface area contributed by atoms with E-state index in [-0.39, 0.29) is 18.1 Å². The number of nitrogens with one attached hydrogen (secondary N) is 2. The smallest absolute Gasteiger partial charge is 0.317 e. The van der Waals surface area contributed by atoms with Crippen LogP contribution in [0.2, 0.25) is 0 Å². The molecule has 28 heavy (non-hydrogen) atoms. The lowest BCUT2D eigenvalue weighted by Crippen LogP contribution is -2.46. The Hall–Kier alpha value is -2.86. The van der Waals surface area contributed by atoms with Gasteiger partial charge in [0.1, 0.15) is 0 Å². The summed E-state index contributed by atoms with van der Waals surface area (Å²) in [5.41, 5.74) is 4.09. The van der Waals surface area contributed by atoms with Crippen molar-refractivity contribution in [2.24, 2.45) is 5.92 Å². The van der Waals surface area contributed by atoms with Gasteiger partial charge >= 0.3 is 6.03 Å². The Kier molecular flexibility index (Phi) is 5.58. The SMILES string of the molecule is O=C(NCc1ccc2nc[nH]c2c1)N1CCC([C@H](O)Cc2ccccc2)CC1. The summed E-state index contributed by atoms with van der Waals surface area (Å²) < 4.78 is 0. The molecule has 1 saturated heterocycles. The molecule has 3 N–H and O–H groups in total. The number of H-pyrrole nitrogens is 1. The van der Waals surface area contributed by atoms with E-state index < -0.39 is 0 Å². The van der Waals surface area contributed by atoms with Crippen LogP contribution in [0.15, 0.2) is 54.9 Å². The Morgan fingerprint density at radius 2 is 1.96 bits per heavy atom. The van der Waals surface area contributed by atoms with E-state index >= 15 is 0 Å². The second-order valence-electron chi connectivity index (χ2n) is 7.49. The number of piperidine rings is 1. The fraction of sp³-hybridized carbons (Fsp3) is 0.364. The molecule has 6 heteroatoms. The Morgan fingerprint density at radius 1 is 1.18 bits per heavy atom. The molecular weight excluding hydrogens is 352 g/mol. The van der Waals surface area contributed by atoms with Crippen LogP contribution in [0.1, 0.15) is 24.0 Å². The van der Waals surface area contributed by atoms with E-state index in [0.29, 0.717) is 26.1 Å². The maximum Gasteiger partial charge on any atom is 0.317 e. The van der Waals surface area contributed by atoms with Crippen molar-refractivity contribution in [1.82, 2.24) is 20.2 Å². The fourth-order valence-corrected chi connectivity index (χ4v) is 3.89. The van der Waals surface area contributed by atoms with Crippen molar-refractivity contribution < 1.29 is 9.90 Å². The predicted octanol–water partition coefficient (Wildman–Crippen LogP) is 3.09. The van der Waals surface area contributed by atoms with Crippen molar-refractivity contribution in [3.8, 4) is 0 Å². The van der Waals surface area contributed by atoms with Crippen LogP contribution >= 0.6 is 0 Å². The number of rotatable bonds is 5. The second-order valence-corrected chi connectivity index (χ2v) is 7.49. The second kappa shape index (κ2) is 8.44. The Balaban J connectivity index is 1.24. The molecule has 1 atom stereocenters. The third kappa shape index (κ3) is 4.34. The molecule has 0 aliphatic carbocycles. The zero-order valence-corrected chi connectivity index (χ0v) is 15.8. The first-order valence-corrected chi connectivity index (χ1v) is 9.86. The molecule has 1 aliphatic rings. The van der Waals surface area contributed by atoms with Crippen LogP contribution in [0.5, 0.6) is 0 Å². The molecule has 3 aromatic rings. The van der Waals surface area contributed by atoms with Crippen LogP contribution in [-0.4, -0.2) is 45.2 Å². The van der Waals surface area contributed by atoms with Crippen molar-refractivity contribution in [2.45, 2.75) is 31.9 Å². The molecule has 2 heterocycles. The van der Waals surface area contributed by atoms with Crippen molar-refractivity contribution in [1.29, 1.82) is 0 Å². The predicted molar refractivity (Wildman–Crippen MR) is 109 cm³/mol. The topological polar surface area (TPSA) is 81.2 Å². The van der Waals surface area contributed by atoms with Crippen LogP contribution in [0.4, 0.5) is 4.79 Å². The summed E-state index contributed by atoms with van der Waals surface area (Å²) in [4.78, 5) is 21.6. The molecule has 0 radical (unpaired) electrons. The van der Waals surface area contributed by atoms with E-state index in [9.17, 15) is 9.90 Å². The van der Waals surface area contributed by atoms with E-state index in [0.717, 1.165) is 35.0 Å². The molecule has 2 amide bonds. The summed E-state index contributed by atoms with van der Waals surface area (Å²) in [6.07, 6.45) is 3.66. The lowest BCUT2D eigenvalue weighted by Gasteiger charge is -2.34. The van der Waals surface area contributed by atoms with Gasteiger partial charge < -0.3 is 20.3 Å². The number of fused-ring (bicyclic) bond motifs is 1. The molecular formula is C22H26N4O2. The third-order valence-corrected chi connectivity index (χ3v) is 5.59. The van der Waals surface area contributed by atoms with Crippen LogP contribution < -0.4 is 5.32 Å². The highest BCUT2D eigenvalue weighted by Gasteiger charge is 2.27. The van der Waals surface area contributed by atoms with Crippen LogP contribution in [-0.2, 0) is 13.0 Å². The molecule has 2 aromatic carbocycles. The van der Waals surface area contributed by atoms with Crippen LogP contribution in [0, 0.1) is 5.92 Å². The highest BCUT2D eigenvalue weighted by molar-refractivity contribution is 5.76. The van der Waals surface area contributed by atoms with E-state index in [1.165, 1.54) is 0 Å². The van der Waals surface area contributed by atoms with Crippen molar-refractivity contribution >= 4 is 17.1 Å². The number of carbonyl (C=O) groups is 1. The number of urea groups is 1. The maximum atomic E-state index is 12.5. The summed E-state index contributed by atoms with van der Waals surface area (Å²) in [6.45, 7) is 1.86. The Labute approximate surface area is 164 Å². The molecule has 0 bridgehead atoms. The van der Waals surface area contributed by atoms with Gasteiger partial charge in [0.15, 0.2) is 0 Å². The molecule has 0 spiro atoms. The quantitative estimate of drug-likeness (QED) is 0.638. The number of aromatic amines is 1. The zero-order chi connectivity index (χ0) is 19.3. The summed E-state index contributed by atoms with van der Waals surface area (Å²) in [6, 6.07) is 16.0. The first-order chi connectivity index (χ1) is 13.7. The zero-order valence-electron chi connectivity index (χ0n) is 15.8. The van der Waals surface area contributed by atoms with Crippen LogP contribution in [0.3, 0.4) is 0 Å². The number of likely N-dealkylation sites (tertiary alicyclic amines) is 1. The number of nitrogens with zero attached hydrogens (tertiary/aromatic N) is 2. The Bertz CT molecular complexity index is 916. The van der Waals surface area contributed by atoms with Crippen LogP contribution in [0.25, 0.3) is 11.0 Å². The standard InChI is InChI=1S/C22H26N4O2/c27-21(13-16-4-2-1-3-5-16)18-8-10-26(11-9-18)22(28)23-14-17-6-7-19-20(12-17)25-15-24-19/h1-7,12,15,18,21,27H,8-11,13-14H2,(H,23,28)(H,24,25)/t21-/m1/s1. The number of carbonyl (C=O) groups excluding carboxylic acids is 1. The number of aliphatic hydroxyl groups is 1. The number of aromatic nitrogens is 2. The minimum Gasteiger partial charge on any atom is -0.392 e.